The lowest BCUT2D eigenvalue weighted by Gasteiger charge is -2.13. The minimum Gasteiger partial charge on any atom is -0.389 e. The van der Waals surface area contributed by atoms with Crippen LogP contribution in [0.2, 0.25) is 0 Å². The number of rotatable bonds is 3. The van der Waals surface area contributed by atoms with E-state index in [4.69, 9.17) is 4.42 Å². The second-order valence-corrected chi connectivity index (χ2v) is 5.99. The molecule has 1 atom stereocenters. The summed E-state index contributed by atoms with van der Waals surface area (Å²) in [6, 6.07) is 15.7. The summed E-state index contributed by atoms with van der Waals surface area (Å²) in [5.74, 6) is 0. The van der Waals surface area contributed by atoms with Crippen molar-refractivity contribution in [3.8, 4) is 0 Å². The Morgan fingerprint density at radius 1 is 1.19 bits per heavy atom. The molecule has 1 heterocycles. The predicted octanol–water partition coefficient (Wildman–Crippen LogP) is 3.97. The van der Waals surface area contributed by atoms with Crippen molar-refractivity contribution < 1.29 is 4.42 Å². The third kappa shape index (κ3) is 3.07. The summed E-state index contributed by atoms with van der Waals surface area (Å²) >= 11 is 2.16. The van der Waals surface area contributed by atoms with Gasteiger partial charge >= 0.3 is 5.63 Å². The number of hydrogen-bond acceptors (Lipinski definition) is 4. The van der Waals surface area contributed by atoms with Crippen LogP contribution >= 0.6 is 22.6 Å². The largest absolute Gasteiger partial charge is 0.389 e. The van der Waals surface area contributed by atoms with E-state index in [1.54, 1.807) is 6.07 Å². The Kier molecular flexibility index (Phi) is 3.92. The number of anilines is 1. The molecule has 0 amide bonds. The summed E-state index contributed by atoms with van der Waals surface area (Å²) in [5, 5.41) is 3.63. The summed E-state index contributed by atoms with van der Waals surface area (Å²) in [7, 11) is 0. The number of fused-ring (bicyclic) bond motifs is 1. The first kappa shape index (κ1) is 14.1. The molecular weight excluding hydrogens is 379 g/mol. The molecular formula is C16H13IN2O2. The molecule has 0 radical (unpaired) electrons. The van der Waals surface area contributed by atoms with Gasteiger partial charge in [0.1, 0.15) is 0 Å². The lowest BCUT2D eigenvalue weighted by atomic mass is 10.1. The summed E-state index contributed by atoms with van der Waals surface area (Å²) < 4.78 is 6.24. The van der Waals surface area contributed by atoms with Crippen molar-refractivity contribution in [2.45, 2.75) is 13.0 Å². The number of hydrogen-bond donors (Lipinski definition) is 1. The van der Waals surface area contributed by atoms with Crippen molar-refractivity contribution in [3.05, 3.63) is 68.1 Å². The molecule has 2 aromatic carbocycles. The molecule has 0 aliphatic rings. The van der Waals surface area contributed by atoms with E-state index in [1.165, 1.54) is 0 Å². The molecule has 21 heavy (non-hydrogen) atoms. The van der Waals surface area contributed by atoms with Crippen LogP contribution in [0.25, 0.3) is 10.9 Å². The van der Waals surface area contributed by atoms with E-state index < -0.39 is 0 Å². The normalized spacial score (nSPS) is 12.3. The fourth-order valence-corrected chi connectivity index (χ4v) is 2.61. The highest BCUT2D eigenvalue weighted by Crippen LogP contribution is 2.19. The summed E-state index contributed by atoms with van der Waals surface area (Å²) in [5.41, 5.74) is 1.36. The molecule has 1 aromatic heterocycles. The van der Waals surface area contributed by atoms with E-state index in [0.717, 1.165) is 9.13 Å². The molecule has 0 saturated carbocycles. The number of benzene rings is 2. The van der Waals surface area contributed by atoms with Crippen LogP contribution in [0.4, 0.5) is 6.01 Å². The molecule has 0 fully saturated rings. The van der Waals surface area contributed by atoms with Crippen LogP contribution in [-0.2, 0) is 0 Å². The van der Waals surface area contributed by atoms with E-state index >= 15 is 0 Å². The maximum atomic E-state index is 12.0. The molecule has 3 aromatic rings. The maximum absolute atomic E-state index is 12.0. The summed E-state index contributed by atoms with van der Waals surface area (Å²) in [6.45, 7) is 2.00. The van der Waals surface area contributed by atoms with Crippen molar-refractivity contribution >= 4 is 39.5 Å². The van der Waals surface area contributed by atoms with Gasteiger partial charge in [-0.3, -0.25) is 0 Å². The molecule has 4 nitrogen and oxygen atoms in total. The molecule has 0 unspecified atom stereocenters. The molecule has 0 aliphatic heterocycles. The minimum absolute atomic E-state index is 0.00292. The van der Waals surface area contributed by atoms with Crippen molar-refractivity contribution in [2.75, 3.05) is 5.32 Å². The molecule has 106 valence electrons. The second-order valence-electron chi connectivity index (χ2n) is 4.74. The van der Waals surface area contributed by atoms with Crippen LogP contribution in [0.1, 0.15) is 18.5 Å². The molecule has 3 rings (SSSR count). The standard InChI is InChI=1S/C16H13IN2O2/c1-10(11-5-3-2-4-6-11)18-16-19-14-8-7-12(17)9-13(14)15(20)21-16/h2-10H,1H3,(H,18,19)/t10-/m1/s1. The molecule has 0 spiro atoms. The first-order valence-corrected chi connectivity index (χ1v) is 7.63. The Balaban J connectivity index is 1.95. The van der Waals surface area contributed by atoms with Gasteiger partial charge < -0.3 is 9.73 Å². The van der Waals surface area contributed by atoms with Gasteiger partial charge in [-0.25, -0.2) is 4.79 Å². The van der Waals surface area contributed by atoms with Gasteiger partial charge in [0, 0.05) is 3.57 Å². The molecule has 0 saturated heterocycles. The van der Waals surface area contributed by atoms with E-state index in [1.807, 2.05) is 49.4 Å². The zero-order valence-corrected chi connectivity index (χ0v) is 13.5. The summed E-state index contributed by atoms with van der Waals surface area (Å²) in [6.07, 6.45) is 0. The van der Waals surface area contributed by atoms with Gasteiger partial charge in [-0.1, -0.05) is 30.3 Å². The third-order valence-electron chi connectivity index (χ3n) is 3.23. The van der Waals surface area contributed by atoms with Crippen LogP contribution in [-0.4, -0.2) is 4.98 Å². The van der Waals surface area contributed by atoms with Crippen LogP contribution < -0.4 is 10.9 Å². The van der Waals surface area contributed by atoms with Crippen molar-refractivity contribution in [2.24, 2.45) is 0 Å². The molecule has 0 bridgehead atoms. The monoisotopic (exact) mass is 392 g/mol. The van der Waals surface area contributed by atoms with E-state index in [-0.39, 0.29) is 17.7 Å². The van der Waals surface area contributed by atoms with Gasteiger partial charge in [-0.15, -0.1) is 0 Å². The van der Waals surface area contributed by atoms with Gasteiger partial charge in [-0.05, 0) is 53.3 Å². The first-order valence-electron chi connectivity index (χ1n) is 6.55. The smallest absolute Gasteiger partial charge is 0.348 e. The second kappa shape index (κ2) is 5.85. The fourth-order valence-electron chi connectivity index (χ4n) is 2.12. The number of nitrogens with one attached hydrogen (secondary N) is 1. The molecule has 1 N–H and O–H groups in total. The lowest BCUT2D eigenvalue weighted by Crippen LogP contribution is -2.11. The number of aromatic nitrogens is 1. The van der Waals surface area contributed by atoms with E-state index in [2.05, 4.69) is 32.9 Å². The van der Waals surface area contributed by atoms with Crippen molar-refractivity contribution in [1.82, 2.24) is 4.98 Å². The highest BCUT2D eigenvalue weighted by atomic mass is 127. The van der Waals surface area contributed by atoms with Gasteiger partial charge in [0.2, 0.25) is 0 Å². The van der Waals surface area contributed by atoms with Crippen LogP contribution in [0.15, 0.2) is 57.7 Å². The molecule has 0 aliphatic carbocycles. The molecule has 5 heteroatoms. The zero-order chi connectivity index (χ0) is 14.8. The Bertz CT molecular complexity index is 831. The Morgan fingerprint density at radius 2 is 1.95 bits per heavy atom. The Morgan fingerprint density at radius 3 is 2.71 bits per heavy atom. The SMILES string of the molecule is C[C@@H](Nc1nc2ccc(I)cc2c(=O)o1)c1ccccc1. The highest BCUT2D eigenvalue weighted by Gasteiger charge is 2.10. The van der Waals surface area contributed by atoms with E-state index in [0.29, 0.717) is 10.9 Å². The summed E-state index contributed by atoms with van der Waals surface area (Å²) in [4.78, 5) is 16.4. The maximum Gasteiger partial charge on any atom is 0.348 e. The topological polar surface area (TPSA) is 55.1 Å². The highest BCUT2D eigenvalue weighted by molar-refractivity contribution is 14.1. The van der Waals surface area contributed by atoms with Crippen LogP contribution in [0, 0.1) is 3.57 Å². The third-order valence-corrected chi connectivity index (χ3v) is 3.90. The van der Waals surface area contributed by atoms with Gasteiger partial charge in [0.15, 0.2) is 0 Å². The van der Waals surface area contributed by atoms with Crippen LogP contribution in [0.5, 0.6) is 0 Å². The fraction of sp³-hybridized carbons (Fsp3) is 0.125. The predicted molar refractivity (Wildman–Crippen MR) is 91.5 cm³/mol. The van der Waals surface area contributed by atoms with Crippen molar-refractivity contribution in [3.63, 3.8) is 0 Å². The van der Waals surface area contributed by atoms with Crippen LogP contribution in [0.3, 0.4) is 0 Å². The quantitative estimate of drug-likeness (QED) is 0.686. The average molecular weight is 392 g/mol. The lowest BCUT2D eigenvalue weighted by molar-refractivity contribution is 0.510. The Labute approximate surface area is 135 Å². The Hall–Kier alpha value is -1.89. The zero-order valence-electron chi connectivity index (χ0n) is 11.3. The number of halogens is 1. The van der Waals surface area contributed by atoms with Gasteiger partial charge in [-0.2, -0.15) is 4.98 Å². The number of nitrogens with zero attached hydrogens (tertiary/aromatic N) is 1. The van der Waals surface area contributed by atoms with E-state index in [9.17, 15) is 4.79 Å². The average Bonchev–Trinajstić information content (AvgIpc) is 2.49. The van der Waals surface area contributed by atoms with Gasteiger partial charge in [0.25, 0.3) is 6.01 Å². The minimum atomic E-state index is -0.374. The van der Waals surface area contributed by atoms with Crippen molar-refractivity contribution in [1.29, 1.82) is 0 Å². The van der Waals surface area contributed by atoms with Gasteiger partial charge in [0.05, 0.1) is 16.9 Å². The first-order chi connectivity index (χ1) is 10.1.